The molecule has 1 aliphatic carbocycles. The number of thiazole rings is 1. The van der Waals surface area contributed by atoms with Crippen molar-refractivity contribution in [3.05, 3.63) is 47.5 Å². The normalized spacial score (nSPS) is 19.5. The number of aromatic nitrogens is 4. The maximum Gasteiger partial charge on any atom is 0.241 e. The third-order valence-corrected chi connectivity index (χ3v) is 8.29. The van der Waals surface area contributed by atoms with Gasteiger partial charge in [0.05, 0.1) is 16.4 Å². The first-order valence-electron chi connectivity index (χ1n) is 10.4. The highest BCUT2D eigenvalue weighted by atomic mass is 32.2. The average Bonchev–Trinajstić information content (AvgIpc) is 3.46. The Hall–Kier alpha value is -2.14. The SMILES string of the molecule is CCc1cc(-c2ncc(COC)s2)ccc1S(=O)(=O)NC1CCCC(n2cnnc2)C1. The fourth-order valence-electron chi connectivity index (χ4n) is 4.12. The third kappa shape index (κ3) is 5.03. The van der Waals surface area contributed by atoms with Crippen molar-refractivity contribution in [3.8, 4) is 10.6 Å². The van der Waals surface area contributed by atoms with E-state index in [4.69, 9.17) is 4.74 Å². The molecular formula is C21H27N5O3S2. The van der Waals surface area contributed by atoms with Gasteiger partial charge in [-0.25, -0.2) is 18.1 Å². The van der Waals surface area contributed by atoms with Crippen LogP contribution in [0.25, 0.3) is 10.6 Å². The van der Waals surface area contributed by atoms with Gasteiger partial charge in [0.15, 0.2) is 0 Å². The minimum absolute atomic E-state index is 0.105. The zero-order valence-corrected chi connectivity index (χ0v) is 19.3. The minimum Gasteiger partial charge on any atom is -0.379 e. The molecule has 0 saturated heterocycles. The molecule has 1 aromatic carbocycles. The van der Waals surface area contributed by atoms with Crippen molar-refractivity contribution in [3.63, 3.8) is 0 Å². The van der Waals surface area contributed by atoms with Gasteiger partial charge in [0.1, 0.15) is 17.7 Å². The van der Waals surface area contributed by atoms with E-state index in [0.717, 1.165) is 46.7 Å². The first-order chi connectivity index (χ1) is 15.0. The second kappa shape index (κ2) is 9.56. The molecular weight excluding hydrogens is 434 g/mol. The lowest BCUT2D eigenvalue weighted by Crippen LogP contribution is -2.39. The first-order valence-corrected chi connectivity index (χ1v) is 12.7. The smallest absolute Gasteiger partial charge is 0.241 e. The average molecular weight is 462 g/mol. The molecule has 0 spiro atoms. The largest absolute Gasteiger partial charge is 0.379 e. The fraction of sp³-hybridized carbons (Fsp3) is 0.476. The summed E-state index contributed by atoms with van der Waals surface area (Å²) in [5.74, 6) is 0. The Morgan fingerprint density at radius 1 is 1.26 bits per heavy atom. The van der Waals surface area contributed by atoms with E-state index >= 15 is 0 Å². The van der Waals surface area contributed by atoms with Crippen LogP contribution in [0.2, 0.25) is 0 Å². The maximum absolute atomic E-state index is 13.2. The summed E-state index contributed by atoms with van der Waals surface area (Å²) in [7, 11) is -1.97. The molecule has 0 aliphatic heterocycles. The van der Waals surface area contributed by atoms with Crippen LogP contribution >= 0.6 is 11.3 Å². The molecule has 3 aromatic rings. The zero-order valence-electron chi connectivity index (χ0n) is 17.7. The van der Waals surface area contributed by atoms with E-state index in [-0.39, 0.29) is 12.1 Å². The molecule has 1 aliphatic rings. The molecule has 1 saturated carbocycles. The highest BCUT2D eigenvalue weighted by Crippen LogP contribution is 2.31. The number of nitrogens with one attached hydrogen (secondary N) is 1. The Kier molecular flexibility index (Phi) is 6.80. The van der Waals surface area contributed by atoms with Crippen LogP contribution in [0, 0.1) is 0 Å². The number of hydrogen-bond acceptors (Lipinski definition) is 7. The molecule has 166 valence electrons. The van der Waals surface area contributed by atoms with Crippen LogP contribution in [0.5, 0.6) is 0 Å². The predicted molar refractivity (Wildman–Crippen MR) is 119 cm³/mol. The van der Waals surface area contributed by atoms with Crippen LogP contribution in [0.4, 0.5) is 0 Å². The summed E-state index contributed by atoms with van der Waals surface area (Å²) in [6.07, 6.45) is 9.35. The van der Waals surface area contributed by atoms with Crippen molar-refractivity contribution >= 4 is 21.4 Å². The lowest BCUT2D eigenvalue weighted by Gasteiger charge is -2.30. The lowest BCUT2D eigenvalue weighted by atomic mass is 9.91. The Morgan fingerprint density at radius 2 is 2.06 bits per heavy atom. The number of hydrogen-bond donors (Lipinski definition) is 1. The number of aryl methyl sites for hydroxylation is 1. The number of sulfonamides is 1. The van der Waals surface area contributed by atoms with E-state index in [2.05, 4.69) is 19.9 Å². The van der Waals surface area contributed by atoms with Gasteiger partial charge in [-0.1, -0.05) is 13.0 Å². The number of ether oxygens (including phenoxy) is 1. The van der Waals surface area contributed by atoms with Crippen molar-refractivity contribution in [1.82, 2.24) is 24.5 Å². The molecule has 0 radical (unpaired) electrons. The monoisotopic (exact) mass is 461 g/mol. The molecule has 0 amide bonds. The molecule has 8 nitrogen and oxygen atoms in total. The molecule has 1 N–H and O–H groups in total. The van der Waals surface area contributed by atoms with Gasteiger partial charge in [-0.2, -0.15) is 0 Å². The number of nitrogens with zero attached hydrogens (tertiary/aromatic N) is 4. The minimum atomic E-state index is -3.62. The molecule has 31 heavy (non-hydrogen) atoms. The van der Waals surface area contributed by atoms with Crippen LogP contribution in [0.15, 0.2) is 41.9 Å². The molecule has 10 heteroatoms. The van der Waals surface area contributed by atoms with Crippen molar-refractivity contribution < 1.29 is 13.2 Å². The van der Waals surface area contributed by atoms with Crippen molar-refractivity contribution in [2.45, 2.75) is 62.6 Å². The second-order valence-corrected chi connectivity index (χ2v) is 10.6. The van der Waals surface area contributed by atoms with Crippen LogP contribution in [0.1, 0.15) is 49.1 Å². The fourth-order valence-corrected chi connectivity index (χ4v) is 6.58. The Morgan fingerprint density at radius 3 is 2.81 bits per heavy atom. The number of methoxy groups -OCH3 is 1. The van der Waals surface area contributed by atoms with Crippen molar-refractivity contribution in [1.29, 1.82) is 0 Å². The molecule has 4 rings (SSSR count). The van der Waals surface area contributed by atoms with Gasteiger partial charge in [0, 0.05) is 31.0 Å². The first kappa shape index (κ1) is 22.1. The third-order valence-electron chi connectivity index (χ3n) is 5.64. The highest BCUT2D eigenvalue weighted by Gasteiger charge is 2.28. The summed E-state index contributed by atoms with van der Waals surface area (Å²) in [5, 5.41) is 8.61. The highest BCUT2D eigenvalue weighted by molar-refractivity contribution is 7.89. The van der Waals surface area contributed by atoms with Crippen LogP contribution in [0.3, 0.4) is 0 Å². The summed E-state index contributed by atoms with van der Waals surface area (Å²) in [5.41, 5.74) is 1.72. The van der Waals surface area contributed by atoms with E-state index < -0.39 is 10.0 Å². The van der Waals surface area contributed by atoms with E-state index in [1.54, 1.807) is 43.4 Å². The van der Waals surface area contributed by atoms with Crippen LogP contribution in [-0.2, 0) is 27.8 Å². The van der Waals surface area contributed by atoms with Gasteiger partial charge >= 0.3 is 0 Å². The van der Waals surface area contributed by atoms with Gasteiger partial charge in [0.2, 0.25) is 10.0 Å². The Balaban J connectivity index is 1.53. The van der Waals surface area contributed by atoms with E-state index in [0.29, 0.717) is 17.9 Å². The number of rotatable bonds is 8. The van der Waals surface area contributed by atoms with Crippen molar-refractivity contribution in [2.24, 2.45) is 0 Å². The van der Waals surface area contributed by atoms with Gasteiger partial charge in [-0.05, 0) is 49.8 Å². The summed E-state index contributed by atoms with van der Waals surface area (Å²) in [4.78, 5) is 5.84. The van der Waals surface area contributed by atoms with E-state index in [1.165, 1.54) is 0 Å². The van der Waals surface area contributed by atoms with Gasteiger partial charge < -0.3 is 9.30 Å². The Labute approximate surface area is 186 Å². The summed E-state index contributed by atoms with van der Waals surface area (Å²) >= 11 is 1.56. The topological polar surface area (TPSA) is 99.0 Å². The molecule has 2 heterocycles. The lowest BCUT2D eigenvalue weighted by molar-refractivity contribution is 0.187. The summed E-state index contributed by atoms with van der Waals surface area (Å²) < 4.78 is 36.6. The zero-order chi connectivity index (χ0) is 21.8. The molecule has 2 unspecified atom stereocenters. The van der Waals surface area contributed by atoms with Crippen LogP contribution in [-0.4, -0.2) is 41.3 Å². The summed E-state index contributed by atoms with van der Waals surface area (Å²) in [6, 6.07) is 5.59. The number of benzene rings is 1. The quantitative estimate of drug-likeness (QED) is 0.551. The van der Waals surface area contributed by atoms with E-state index in [9.17, 15) is 8.42 Å². The second-order valence-electron chi connectivity index (χ2n) is 7.79. The van der Waals surface area contributed by atoms with Crippen molar-refractivity contribution in [2.75, 3.05) is 7.11 Å². The molecule has 2 atom stereocenters. The summed E-state index contributed by atoms with van der Waals surface area (Å²) in [6.45, 7) is 2.49. The van der Waals surface area contributed by atoms with Gasteiger partial charge in [-0.15, -0.1) is 21.5 Å². The molecule has 1 fully saturated rings. The standard InChI is InChI=1S/C21H27N5O3S2/c1-3-15-9-16(21-22-11-19(30-21)12-29-2)7-8-20(15)31(27,28)25-17-5-4-6-18(10-17)26-13-23-24-14-26/h7-9,11,13-14,17-18,25H,3-6,10,12H2,1-2H3. The van der Waals surface area contributed by atoms with Gasteiger partial charge in [-0.3, -0.25) is 0 Å². The van der Waals surface area contributed by atoms with E-state index in [1.807, 2.05) is 23.6 Å². The Bertz CT molecular complexity index is 1110. The maximum atomic E-state index is 13.2. The van der Waals surface area contributed by atoms with Gasteiger partial charge in [0.25, 0.3) is 0 Å². The van der Waals surface area contributed by atoms with Crippen LogP contribution < -0.4 is 4.72 Å². The molecule has 2 aromatic heterocycles. The predicted octanol–water partition coefficient (Wildman–Crippen LogP) is 3.57. The molecule has 0 bridgehead atoms.